The number of nitrogens with zero attached hydrogens (tertiary/aromatic N) is 1. The number of carbonyl (C=O) groups is 1. The first-order valence-electron chi connectivity index (χ1n) is 8.27. The van der Waals surface area contributed by atoms with Crippen LogP contribution in [0.15, 0.2) is 48.5 Å². The van der Waals surface area contributed by atoms with E-state index in [1.54, 1.807) is 14.2 Å². The molecule has 1 amide bonds. The smallest absolute Gasteiger partial charge is 0.227 e. The van der Waals surface area contributed by atoms with Crippen LogP contribution >= 0.6 is 0 Å². The van der Waals surface area contributed by atoms with E-state index in [2.05, 4.69) is 12.1 Å². The van der Waals surface area contributed by atoms with Crippen molar-refractivity contribution in [3.8, 4) is 11.5 Å². The molecule has 2 aromatic rings. The molecule has 1 atom stereocenters. The van der Waals surface area contributed by atoms with E-state index in [0.29, 0.717) is 6.42 Å². The van der Waals surface area contributed by atoms with Crippen LogP contribution in [0.4, 0.5) is 0 Å². The Morgan fingerprint density at radius 1 is 1.08 bits per heavy atom. The molecule has 0 saturated carbocycles. The van der Waals surface area contributed by atoms with Crippen molar-refractivity contribution >= 4 is 5.91 Å². The minimum absolute atomic E-state index is 0.161. The van der Waals surface area contributed by atoms with Gasteiger partial charge in [0.15, 0.2) is 0 Å². The van der Waals surface area contributed by atoms with Crippen LogP contribution in [0, 0.1) is 0 Å². The molecule has 3 rings (SSSR count). The first-order valence-corrected chi connectivity index (χ1v) is 8.27. The molecule has 0 aliphatic carbocycles. The zero-order valence-electron chi connectivity index (χ0n) is 14.2. The fourth-order valence-electron chi connectivity index (χ4n) is 3.30. The summed E-state index contributed by atoms with van der Waals surface area (Å²) in [6.07, 6.45) is 2.46. The van der Waals surface area contributed by atoms with Crippen molar-refractivity contribution in [3.63, 3.8) is 0 Å². The Hall–Kier alpha value is -2.49. The number of carbonyl (C=O) groups excluding carboxylic acids is 1. The van der Waals surface area contributed by atoms with E-state index < -0.39 is 0 Å². The summed E-state index contributed by atoms with van der Waals surface area (Å²) in [4.78, 5) is 14.8. The van der Waals surface area contributed by atoms with Gasteiger partial charge in [-0.3, -0.25) is 4.79 Å². The molecule has 2 aromatic carbocycles. The van der Waals surface area contributed by atoms with E-state index in [9.17, 15) is 4.79 Å². The van der Waals surface area contributed by atoms with Gasteiger partial charge in [-0.25, -0.2) is 0 Å². The van der Waals surface area contributed by atoms with Crippen LogP contribution in [-0.2, 0) is 11.2 Å². The average molecular weight is 325 g/mol. The van der Waals surface area contributed by atoms with Gasteiger partial charge in [-0.1, -0.05) is 24.3 Å². The van der Waals surface area contributed by atoms with Crippen LogP contribution in [0.5, 0.6) is 11.5 Å². The topological polar surface area (TPSA) is 38.8 Å². The quantitative estimate of drug-likeness (QED) is 0.843. The lowest BCUT2D eigenvalue weighted by Gasteiger charge is -2.25. The van der Waals surface area contributed by atoms with E-state index in [-0.39, 0.29) is 11.9 Å². The van der Waals surface area contributed by atoms with E-state index in [0.717, 1.165) is 36.4 Å². The van der Waals surface area contributed by atoms with Crippen molar-refractivity contribution in [2.45, 2.75) is 25.3 Å². The van der Waals surface area contributed by atoms with E-state index >= 15 is 0 Å². The second-order valence-electron chi connectivity index (χ2n) is 6.05. The fourth-order valence-corrected chi connectivity index (χ4v) is 3.30. The Labute approximate surface area is 143 Å². The number of ether oxygens (including phenoxy) is 2. The summed E-state index contributed by atoms with van der Waals surface area (Å²) in [5.74, 6) is 1.79. The SMILES string of the molecule is COc1ccc([C@H]2CCCN2C(=O)Cc2cccc(OC)c2)cc1. The Morgan fingerprint density at radius 3 is 2.54 bits per heavy atom. The minimum atomic E-state index is 0.161. The normalized spacial score (nSPS) is 16.9. The number of amides is 1. The summed E-state index contributed by atoms with van der Waals surface area (Å²) in [5, 5.41) is 0. The van der Waals surface area contributed by atoms with Crippen LogP contribution < -0.4 is 9.47 Å². The van der Waals surface area contributed by atoms with Crippen LogP contribution in [0.1, 0.15) is 30.0 Å². The zero-order chi connectivity index (χ0) is 16.9. The number of hydrogen-bond donors (Lipinski definition) is 0. The number of benzene rings is 2. The van der Waals surface area contributed by atoms with Crippen molar-refractivity contribution in [2.75, 3.05) is 20.8 Å². The molecule has 1 saturated heterocycles. The number of rotatable bonds is 5. The maximum Gasteiger partial charge on any atom is 0.227 e. The molecule has 0 unspecified atom stereocenters. The van der Waals surface area contributed by atoms with Gasteiger partial charge in [-0.05, 0) is 48.2 Å². The van der Waals surface area contributed by atoms with Gasteiger partial charge in [0.2, 0.25) is 5.91 Å². The van der Waals surface area contributed by atoms with E-state index in [4.69, 9.17) is 9.47 Å². The molecule has 1 heterocycles. The van der Waals surface area contributed by atoms with Crippen LogP contribution in [0.25, 0.3) is 0 Å². The highest BCUT2D eigenvalue weighted by molar-refractivity contribution is 5.79. The summed E-state index contributed by atoms with van der Waals surface area (Å²) in [5.41, 5.74) is 2.16. The highest BCUT2D eigenvalue weighted by Gasteiger charge is 2.29. The molecule has 0 bridgehead atoms. The van der Waals surface area contributed by atoms with Gasteiger partial charge in [0.1, 0.15) is 11.5 Å². The summed E-state index contributed by atoms with van der Waals surface area (Å²) in [6.45, 7) is 0.819. The predicted molar refractivity (Wildman–Crippen MR) is 93.4 cm³/mol. The highest BCUT2D eigenvalue weighted by atomic mass is 16.5. The third-order valence-electron chi connectivity index (χ3n) is 4.56. The molecule has 4 nitrogen and oxygen atoms in total. The van der Waals surface area contributed by atoms with Crippen molar-refractivity contribution in [1.29, 1.82) is 0 Å². The molecule has 0 radical (unpaired) electrons. The van der Waals surface area contributed by atoms with Gasteiger partial charge in [-0.15, -0.1) is 0 Å². The van der Waals surface area contributed by atoms with Crippen LogP contribution in [-0.4, -0.2) is 31.6 Å². The second kappa shape index (κ2) is 7.39. The molecule has 1 fully saturated rings. The predicted octanol–water partition coefficient (Wildman–Crippen LogP) is 3.61. The number of likely N-dealkylation sites (tertiary alicyclic amines) is 1. The largest absolute Gasteiger partial charge is 0.497 e. The van der Waals surface area contributed by atoms with Gasteiger partial charge < -0.3 is 14.4 Å². The lowest BCUT2D eigenvalue weighted by atomic mass is 10.0. The van der Waals surface area contributed by atoms with Gasteiger partial charge in [0, 0.05) is 6.54 Å². The number of hydrogen-bond acceptors (Lipinski definition) is 3. The molecular weight excluding hydrogens is 302 g/mol. The molecule has 126 valence electrons. The van der Waals surface area contributed by atoms with Gasteiger partial charge in [0.05, 0.1) is 26.7 Å². The number of methoxy groups -OCH3 is 2. The van der Waals surface area contributed by atoms with Crippen molar-refractivity contribution < 1.29 is 14.3 Å². The van der Waals surface area contributed by atoms with Crippen LogP contribution in [0.2, 0.25) is 0 Å². The van der Waals surface area contributed by atoms with Crippen LogP contribution in [0.3, 0.4) is 0 Å². The Morgan fingerprint density at radius 2 is 1.83 bits per heavy atom. The Kier molecular flexibility index (Phi) is 5.04. The summed E-state index contributed by atoms with van der Waals surface area (Å²) >= 11 is 0. The molecular formula is C20H23NO3. The second-order valence-corrected chi connectivity index (χ2v) is 6.05. The van der Waals surface area contributed by atoms with Gasteiger partial charge >= 0.3 is 0 Å². The van der Waals surface area contributed by atoms with E-state index in [1.807, 2.05) is 41.3 Å². The third kappa shape index (κ3) is 3.53. The molecule has 0 aromatic heterocycles. The molecule has 0 N–H and O–H groups in total. The summed E-state index contributed by atoms with van der Waals surface area (Å²) < 4.78 is 10.5. The summed E-state index contributed by atoms with van der Waals surface area (Å²) in [7, 11) is 3.30. The molecule has 1 aliphatic heterocycles. The molecule has 0 spiro atoms. The van der Waals surface area contributed by atoms with Crippen molar-refractivity contribution in [1.82, 2.24) is 4.90 Å². The van der Waals surface area contributed by atoms with Crippen molar-refractivity contribution in [2.24, 2.45) is 0 Å². The first kappa shape index (κ1) is 16.4. The average Bonchev–Trinajstić information content (AvgIpc) is 3.12. The monoisotopic (exact) mass is 325 g/mol. The maximum absolute atomic E-state index is 12.8. The standard InChI is InChI=1S/C20H23NO3/c1-23-17-10-8-16(9-11-17)19-7-4-12-21(19)20(22)14-15-5-3-6-18(13-15)24-2/h3,5-6,8-11,13,19H,4,7,12,14H2,1-2H3/t19-/m1/s1. The highest BCUT2D eigenvalue weighted by Crippen LogP contribution is 2.33. The molecule has 1 aliphatic rings. The molecule has 24 heavy (non-hydrogen) atoms. The minimum Gasteiger partial charge on any atom is -0.497 e. The zero-order valence-corrected chi connectivity index (χ0v) is 14.2. The van der Waals surface area contributed by atoms with Gasteiger partial charge in [-0.2, -0.15) is 0 Å². The van der Waals surface area contributed by atoms with Crippen molar-refractivity contribution in [3.05, 3.63) is 59.7 Å². The summed E-state index contributed by atoms with van der Waals surface area (Å²) in [6, 6.07) is 15.9. The Bertz CT molecular complexity index is 696. The first-order chi connectivity index (χ1) is 11.7. The third-order valence-corrected chi connectivity index (χ3v) is 4.56. The van der Waals surface area contributed by atoms with Gasteiger partial charge in [0.25, 0.3) is 0 Å². The lowest BCUT2D eigenvalue weighted by Crippen LogP contribution is -2.31. The molecule has 4 heteroatoms. The van der Waals surface area contributed by atoms with E-state index in [1.165, 1.54) is 5.56 Å². The lowest BCUT2D eigenvalue weighted by molar-refractivity contribution is -0.131. The Balaban J connectivity index is 1.72. The fraction of sp³-hybridized carbons (Fsp3) is 0.350. The maximum atomic E-state index is 12.8.